The number of nitrogens with zero attached hydrogens (tertiary/aromatic N) is 2. The summed E-state index contributed by atoms with van der Waals surface area (Å²) in [6.45, 7) is 2.15. The molecule has 0 saturated carbocycles. The Hall–Kier alpha value is -2.24. The molecule has 1 heterocycles. The highest BCUT2D eigenvalue weighted by molar-refractivity contribution is 5.55. The van der Waals surface area contributed by atoms with Crippen molar-refractivity contribution in [1.29, 1.82) is 0 Å². The van der Waals surface area contributed by atoms with Crippen molar-refractivity contribution in [2.75, 3.05) is 11.1 Å². The fraction of sp³-hybridized carbons (Fsp3) is 0.286. The summed E-state index contributed by atoms with van der Waals surface area (Å²) < 4.78 is 26.6. The molecule has 0 bridgehead atoms. The van der Waals surface area contributed by atoms with E-state index in [1.807, 2.05) is 6.92 Å². The van der Waals surface area contributed by atoms with Crippen molar-refractivity contribution >= 4 is 11.6 Å². The van der Waals surface area contributed by atoms with Crippen LogP contribution in [0.2, 0.25) is 0 Å². The molecular weight excluding hydrogens is 262 g/mol. The van der Waals surface area contributed by atoms with Crippen LogP contribution in [0.1, 0.15) is 24.5 Å². The Balaban J connectivity index is 2.18. The normalized spacial score (nSPS) is 10.6. The molecular formula is C14H16F2N4. The maximum absolute atomic E-state index is 13.5. The predicted octanol–water partition coefficient (Wildman–Crippen LogP) is 2.90. The maximum atomic E-state index is 13.5. The van der Waals surface area contributed by atoms with E-state index in [2.05, 4.69) is 15.3 Å². The van der Waals surface area contributed by atoms with Gasteiger partial charge in [-0.05, 0) is 24.6 Å². The van der Waals surface area contributed by atoms with Crippen LogP contribution in [0.5, 0.6) is 0 Å². The first kappa shape index (κ1) is 14.2. The van der Waals surface area contributed by atoms with E-state index in [9.17, 15) is 8.78 Å². The smallest absolute Gasteiger partial charge is 0.134 e. The van der Waals surface area contributed by atoms with E-state index in [4.69, 9.17) is 5.73 Å². The predicted molar refractivity (Wildman–Crippen MR) is 74.1 cm³/mol. The largest absolute Gasteiger partial charge is 0.383 e. The second-order valence-electron chi connectivity index (χ2n) is 4.43. The van der Waals surface area contributed by atoms with Gasteiger partial charge in [0.05, 0.1) is 0 Å². The molecule has 20 heavy (non-hydrogen) atoms. The number of nitrogens with one attached hydrogen (secondary N) is 1. The summed E-state index contributed by atoms with van der Waals surface area (Å²) >= 11 is 0. The zero-order chi connectivity index (χ0) is 14.5. The van der Waals surface area contributed by atoms with Crippen molar-refractivity contribution in [3.05, 3.63) is 47.3 Å². The van der Waals surface area contributed by atoms with Crippen molar-refractivity contribution in [3.63, 3.8) is 0 Å². The van der Waals surface area contributed by atoms with Gasteiger partial charge in [0.1, 0.15) is 29.6 Å². The second-order valence-corrected chi connectivity index (χ2v) is 4.43. The minimum atomic E-state index is -0.473. The van der Waals surface area contributed by atoms with Crippen LogP contribution in [0.25, 0.3) is 0 Å². The number of hydrogen-bond donors (Lipinski definition) is 2. The first-order chi connectivity index (χ1) is 9.61. The quantitative estimate of drug-likeness (QED) is 0.882. The minimum Gasteiger partial charge on any atom is -0.383 e. The average Bonchev–Trinajstić information content (AvgIpc) is 2.43. The number of nitrogens with two attached hydrogens (primary N) is 1. The maximum Gasteiger partial charge on any atom is 0.134 e. The number of aromatic nitrogens is 2. The van der Waals surface area contributed by atoms with Crippen molar-refractivity contribution in [2.24, 2.45) is 0 Å². The number of hydrogen-bond acceptors (Lipinski definition) is 4. The first-order valence-corrected chi connectivity index (χ1v) is 6.39. The van der Waals surface area contributed by atoms with Crippen molar-refractivity contribution < 1.29 is 8.78 Å². The van der Waals surface area contributed by atoms with Gasteiger partial charge in [-0.15, -0.1) is 0 Å². The average molecular weight is 278 g/mol. The summed E-state index contributed by atoms with van der Waals surface area (Å²) in [6, 6.07) is 3.35. The fourth-order valence-corrected chi connectivity index (χ4v) is 1.93. The fourth-order valence-electron chi connectivity index (χ4n) is 1.93. The molecule has 0 fully saturated rings. The molecule has 0 aliphatic rings. The lowest BCUT2D eigenvalue weighted by Gasteiger charge is -2.12. The summed E-state index contributed by atoms with van der Waals surface area (Å²) in [5, 5.41) is 2.99. The van der Waals surface area contributed by atoms with E-state index in [1.54, 1.807) is 0 Å². The van der Waals surface area contributed by atoms with Crippen LogP contribution in [-0.4, -0.2) is 9.97 Å². The lowest BCUT2D eigenvalue weighted by Crippen LogP contribution is -2.09. The number of halogens is 2. The highest BCUT2D eigenvalue weighted by Crippen LogP contribution is 2.20. The van der Waals surface area contributed by atoms with Gasteiger partial charge in [-0.1, -0.05) is 13.3 Å². The molecule has 0 aliphatic carbocycles. The lowest BCUT2D eigenvalue weighted by molar-refractivity contribution is 0.587. The molecule has 1 aromatic heterocycles. The van der Waals surface area contributed by atoms with Crippen LogP contribution in [0, 0.1) is 11.6 Å². The number of anilines is 2. The molecule has 4 nitrogen and oxygen atoms in total. The molecule has 1 aromatic carbocycles. The highest BCUT2D eigenvalue weighted by Gasteiger charge is 2.09. The van der Waals surface area contributed by atoms with Crippen molar-refractivity contribution in [1.82, 2.24) is 9.97 Å². The van der Waals surface area contributed by atoms with Gasteiger partial charge < -0.3 is 11.1 Å². The van der Waals surface area contributed by atoms with Crippen LogP contribution in [0.4, 0.5) is 20.4 Å². The summed E-state index contributed by atoms with van der Waals surface area (Å²) in [5.74, 6) is 0.0317. The molecule has 0 amide bonds. The lowest BCUT2D eigenvalue weighted by atomic mass is 10.1. The van der Waals surface area contributed by atoms with Gasteiger partial charge in [0.2, 0.25) is 0 Å². The standard InChI is InChI=1S/C14H16F2N4/c1-2-3-11-13(17)19-8-20-14(11)18-7-9-6-10(15)4-5-12(9)16/h4-6,8H,2-3,7H2,1H3,(H3,17,18,19,20). The van der Waals surface area contributed by atoms with Gasteiger partial charge in [0, 0.05) is 17.7 Å². The SMILES string of the molecule is CCCc1c(N)ncnc1NCc1cc(F)ccc1F. The van der Waals surface area contributed by atoms with Crippen LogP contribution in [0.15, 0.2) is 24.5 Å². The molecule has 0 unspecified atom stereocenters. The van der Waals surface area contributed by atoms with E-state index >= 15 is 0 Å². The van der Waals surface area contributed by atoms with E-state index in [0.29, 0.717) is 11.6 Å². The Kier molecular flexibility index (Phi) is 4.45. The molecule has 6 heteroatoms. The number of benzene rings is 1. The summed E-state index contributed by atoms with van der Waals surface area (Å²) in [5.41, 5.74) is 6.84. The highest BCUT2D eigenvalue weighted by atomic mass is 19.1. The topological polar surface area (TPSA) is 63.8 Å². The molecule has 0 atom stereocenters. The van der Waals surface area contributed by atoms with Gasteiger partial charge >= 0.3 is 0 Å². The molecule has 2 aromatic rings. The van der Waals surface area contributed by atoms with E-state index < -0.39 is 11.6 Å². The van der Waals surface area contributed by atoms with E-state index in [1.165, 1.54) is 6.33 Å². The van der Waals surface area contributed by atoms with Gasteiger partial charge in [-0.3, -0.25) is 0 Å². The number of rotatable bonds is 5. The molecule has 0 radical (unpaired) electrons. The monoisotopic (exact) mass is 278 g/mol. The molecule has 0 saturated heterocycles. The Labute approximate surface area is 116 Å². The van der Waals surface area contributed by atoms with Crippen LogP contribution in [0.3, 0.4) is 0 Å². The molecule has 3 N–H and O–H groups in total. The summed E-state index contributed by atoms with van der Waals surface area (Å²) in [7, 11) is 0. The van der Waals surface area contributed by atoms with Crippen LogP contribution in [-0.2, 0) is 13.0 Å². The second kappa shape index (κ2) is 6.27. The summed E-state index contributed by atoms with van der Waals surface area (Å²) in [6.07, 6.45) is 2.96. The van der Waals surface area contributed by atoms with Gasteiger partial charge in [0.25, 0.3) is 0 Å². The van der Waals surface area contributed by atoms with E-state index in [0.717, 1.165) is 36.6 Å². The Morgan fingerprint density at radius 3 is 2.80 bits per heavy atom. The minimum absolute atomic E-state index is 0.136. The van der Waals surface area contributed by atoms with Crippen LogP contribution >= 0.6 is 0 Å². The van der Waals surface area contributed by atoms with Crippen LogP contribution < -0.4 is 11.1 Å². The zero-order valence-electron chi connectivity index (χ0n) is 11.2. The number of nitrogen functional groups attached to an aromatic ring is 1. The molecule has 106 valence electrons. The Morgan fingerprint density at radius 1 is 1.25 bits per heavy atom. The zero-order valence-corrected chi connectivity index (χ0v) is 11.2. The first-order valence-electron chi connectivity index (χ1n) is 6.39. The third-order valence-electron chi connectivity index (χ3n) is 2.93. The van der Waals surface area contributed by atoms with Gasteiger partial charge in [-0.2, -0.15) is 0 Å². The van der Waals surface area contributed by atoms with Gasteiger partial charge in [-0.25, -0.2) is 18.7 Å². The third kappa shape index (κ3) is 3.20. The Morgan fingerprint density at radius 2 is 2.05 bits per heavy atom. The van der Waals surface area contributed by atoms with Crippen molar-refractivity contribution in [3.8, 4) is 0 Å². The molecule has 2 rings (SSSR count). The van der Waals surface area contributed by atoms with Gasteiger partial charge in [0.15, 0.2) is 0 Å². The Bertz CT molecular complexity index is 602. The molecule has 0 spiro atoms. The third-order valence-corrected chi connectivity index (χ3v) is 2.93. The summed E-state index contributed by atoms with van der Waals surface area (Å²) in [4.78, 5) is 8.04. The van der Waals surface area contributed by atoms with Crippen molar-refractivity contribution in [2.45, 2.75) is 26.3 Å². The molecule has 0 aliphatic heterocycles. The van der Waals surface area contributed by atoms with E-state index in [-0.39, 0.29) is 12.1 Å².